The number of rotatable bonds is 0. The maximum absolute atomic E-state index is 12.1. The molecular weight excluding hydrogens is 206 g/mol. The van der Waals surface area contributed by atoms with E-state index in [1.165, 1.54) is 11.1 Å². The van der Waals surface area contributed by atoms with Gasteiger partial charge in [0.25, 0.3) is 0 Å². The monoisotopic (exact) mass is 221 g/mol. The van der Waals surface area contributed by atoms with Crippen molar-refractivity contribution in [2.75, 3.05) is 6.54 Å². The Bertz CT molecular complexity index is 418. The second-order valence-electron chi connectivity index (χ2n) is 4.47. The Labute approximate surface area is 92.5 Å². The molecule has 1 aromatic carbocycles. The van der Waals surface area contributed by atoms with Crippen LogP contribution in [0.2, 0.25) is 0 Å². The van der Waals surface area contributed by atoms with Crippen LogP contribution in [0.25, 0.3) is 0 Å². The second kappa shape index (κ2) is 3.42. The third-order valence-electron chi connectivity index (χ3n) is 3.50. The van der Waals surface area contributed by atoms with Crippen molar-refractivity contribution in [2.24, 2.45) is 0 Å². The molecule has 4 unspecified atom stereocenters. The highest BCUT2D eigenvalue weighted by Gasteiger charge is 2.40. The molecule has 1 saturated heterocycles. The SMILES string of the molecule is CC1CNC2c3ccccc3CC2S1=O. The smallest absolute Gasteiger partial charge is 0.0586 e. The lowest BCUT2D eigenvalue weighted by molar-refractivity contribution is 0.497. The quantitative estimate of drug-likeness (QED) is 0.717. The zero-order valence-corrected chi connectivity index (χ0v) is 9.59. The molecule has 4 atom stereocenters. The minimum absolute atomic E-state index is 0.292. The highest BCUT2D eigenvalue weighted by atomic mass is 32.2. The molecule has 3 heteroatoms. The number of fused-ring (bicyclic) bond motifs is 3. The Morgan fingerprint density at radius 3 is 3.07 bits per heavy atom. The van der Waals surface area contributed by atoms with E-state index in [1.807, 2.05) is 0 Å². The number of hydrogen-bond acceptors (Lipinski definition) is 2. The van der Waals surface area contributed by atoms with Gasteiger partial charge in [0.05, 0.1) is 5.25 Å². The van der Waals surface area contributed by atoms with E-state index in [2.05, 4.69) is 36.5 Å². The maximum Gasteiger partial charge on any atom is 0.0586 e. The molecule has 0 spiro atoms. The van der Waals surface area contributed by atoms with Crippen molar-refractivity contribution in [3.05, 3.63) is 35.4 Å². The number of nitrogens with one attached hydrogen (secondary N) is 1. The molecule has 1 aromatic rings. The zero-order chi connectivity index (χ0) is 10.4. The van der Waals surface area contributed by atoms with Crippen molar-refractivity contribution in [3.8, 4) is 0 Å². The number of hydrogen-bond donors (Lipinski definition) is 1. The predicted molar refractivity (Wildman–Crippen MR) is 62.3 cm³/mol. The van der Waals surface area contributed by atoms with Crippen molar-refractivity contribution < 1.29 is 4.21 Å². The molecule has 1 heterocycles. The van der Waals surface area contributed by atoms with Gasteiger partial charge in [0, 0.05) is 28.6 Å². The van der Waals surface area contributed by atoms with Crippen LogP contribution < -0.4 is 5.32 Å². The van der Waals surface area contributed by atoms with E-state index in [0.717, 1.165) is 13.0 Å². The molecule has 0 saturated carbocycles. The fraction of sp³-hybridized carbons (Fsp3) is 0.500. The zero-order valence-electron chi connectivity index (χ0n) is 8.77. The summed E-state index contributed by atoms with van der Waals surface area (Å²) in [4.78, 5) is 0. The molecule has 1 aliphatic carbocycles. The minimum atomic E-state index is -0.679. The van der Waals surface area contributed by atoms with E-state index >= 15 is 0 Å². The van der Waals surface area contributed by atoms with Gasteiger partial charge in [-0.2, -0.15) is 0 Å². The van der Waals surface area contributed by atoms with E-state index < -0.39 is 10.8 Å². The van der Waals surface area contributed by atoms with Crippen LogP contribution in [0.5, 0.6) is 0 Å². The van der Waals surface area contributed by atoms with Crippen molar-refractivity contribution >= 4 is 10.8 Å². The third-order valence-corrected chi connectivity index (χ3v) is 5.50. The first kappa shape index (κ1) is 9.55. The minimum Gasteiger partial charge on any atom is -0.308 e. The Hall–Kier alpha value is -0.670. The predicted octanol–water partition coefficient (Wildman–Crippen LogP) is 1.39. The molecule has 2 aliphatic rings. The lowest BCUT2D eigenvalue weighted by atomic mass is 10.1. The van der Waals surface area contributed by atoms with E-state index in [9.17, 15) is 4.21 Å². The standard InChI is InChI=1S/C12H15NOS/c1-8-7-13-12-10-5-3-2-4-9(10)6-11(12)15(8)14/h2-5,8,11-13H,6-7H2,1H3. The van der Waals surface area contributed by atoms with E-state index in [1.54, 1.807) is 0 Å². The van der Waals surface area contributed by atoms with Gasteiger partial charge in [0.1, 0.15) is 0 Å². The lowest BCUT2D eigenvalue weighted by Gasteiger charge is -2.30. The molecule has 2 nitrogen and oxygen atoms in total. The van der Waals surface area contributed by atoms with Crippen molar-refractivity contribution in [2.45, 2.75) is 29.9 Å². The Morgan fingerprint density at radius 1 is 1.40 bits per heavy atom. The molecule has 3 rings (SSSR count). The van der Waals surface area contributed by atoms with Crippen LogP contribution in [-0.2, 0) is 17.2 Å². The van der Waals surface area contributed by atoms with Crippen LogP contribution in [0, 0.1) is 0 Å². The average molecular weight is 221 g/mol. The first-order chi connectivity index (χ1) is 7.27. The summed E-state index contributed by atoms with van der Waals surface area (Å²) in [7, 11) is -0.679. The third kappa shape index (κ3) is 1.37. The Morgan fingerprint density at radius 2 is 2.20 bits per heavy atom. The molecule has 0 radical (unpaired) electrons. The van der Waals surface area contributed by atoms with Crippen molar-refractivity contribution in [1.29, 1.82) is 0 Å². The summed E-state index contributed by atoms with van der Waals surface area (Å²) in [6.45, 7) is 2.95. The highest BCUT2D eigenvalue weighted by Crippen LogP contribution is 2.37. The van der Waals surface area contributed by atoms with Crippen LogP contribution >= 0.6 is 0 Å². The van der Waals surface area contributed by atoms with Gasteiger partial charge in [-0.25, -0.2) is 0 Å². The summed E-state index contributed by atoms with van der Waals surface area (Å²) >= 11 is 0. The second-order valence-corrected chi connectivity index (χ2v) is 6.53. The molecule has 0 amide bonds. The summed E-state index contributed by atoms with van der Waals surface area (Å²) in [5, 5.41) is 4.11. The van der Waals surface area contributed by atoms with Crippen molar-refractivity contribution in [1.82, 2.24) is 5.32 Å². The van der Waals surface area contributed by atoms with E-state index in [0.29, 0.717) is 16.5 Å². The molecule has 80 valence electrons. The van der Waals surface area contributed by atoms with Gasteiger partial charge in [-0.1, -0.05) is 24.3 Å². The first-order valence-electron chi connectivity index (χ1n) is 5.48. The van der Waals surface area contributed by atoms with Gasteiger partial charge < -0.3 is 5.32 Å². The summed E-state index contributed by atoms with van der Waals surface area (Å²) in [6.07, 6.45) is 0.977. The lowest BCUT2D eigenvalue weighted by Crippen LogP contribution is -2.46. The van der Waals surface area contributed by atoms with Gasteiger partial charge >= 0.3 is 0 Å². The van der Waals surface area contributed by atoms with E-state index in [4.69, 9.17) is 0 Å². The topological polar surface area (TPSA) is 29.1 Å². The molecule has 0 aromatic heterocycles. The Kier molecular flexibility index (Phi) is 2.18. The van der Waals surface area contributed by atoms with Crippen molar-refractivity contribution in [3.63, 3.8) is 0 Å². The fourth-order valence-corrected chi connectivity index (χ4v) is 4.40. The van der Waals surface area contributed by atoms with Gasteiger partial charge in [-0.3, -0.25) is 4.21 Å². The summed E-state index contributed by atoms with van der Waals surface area (Å²) in [6, 6.07) is 8.81. The van der Waals surface area contributed by atoms with Gasteiger partial charge in [0.15, 0.2) is 0 Å². The Balaban J connectivity index is 2.00. The average Bonchev–Trinajstić information content (AvgIpc) is 2.63. The normalized spacial score (nSPS) is 38.5. The van der Waals surface area contributed by atoms with Gasteiger partial charge in [-0.05, 0) is 24.5 Å². The molecular formula is C12H15NOS. The van der Waals surface area contributed by atoms with Crippen LogP contribution in [0.1, 0.15) is 24.1 Å². The first-order valence-corrected chi connectivity index (χ1v) is 6.75. The van der Waals surface area contributed by atoms with Gasteiger partial charge in [-0.15, -0.1) is 0 Å². The maximum atomic E-state index is 12.1. The van der Waals surface area contributed by atoms with Crippen LogP contribution in [0.15, 0.2) is 24.3 Å². The van der Waals surface area contributed by atoms with Crippen LogP contribution in [0.3, 0.4) is 0 Å². The molecule has 15 heavy (non-hydrogen) atoms. The highest BCUT2D eigenvalue weighted by molar-refractivity contribution is 7.86. The largest absolute Gasteiger partial charge is 0.308 e. The fourth-order valence-electron chi connectivity index (χ4n) is 2.69. The molecule has 1 fully saturated rings. The van der Waals surface area contributed by atoms with Gasteiger partial charge in [0.2, 0.25) is 0 Å². The summed E-state index contributed by atoms with van der Waals surface area (Å²) in [5.41, 5.74) is 2.74. The summed E-state index contributed by atoms with van der Waals surface area (Å²) in [5.74, 6) is 0. The van der Waals surface area contributed by atoms with E-state index in [-0.39, 0.29) is 0 Å². The molecule has 0 bridgehead atoms. The summed E-state index contributed by atoms with van der Waals surface area (Å²) < 4.78 is 12.1. The van der Waals surface area contributed by atoms with Crippen LogP contribution in [0.4, 0.5) is 0 Å². The molecule has 1 aliphatic heterocycles. The number of benzene rings is 1. The molecule has 1 N–H and O–H groups in total. The van der Waals surface area contributed by atoms with Crippen LogP contribution in [-0.4, -0.2) is 21.3 Å².